The third-order valence-corrected chi connectivity index (χ3v) is 6.30. The predicted octanol–water partition coefficient (Wildman–Crippen LogP) is 6.23. The highest BCUT2D eigenvalue weighted by atomic mass is 35.5. The molecule has 0 bridgehead atoms. The van der Waals surface area contributed by atoms with Crippen molar-refractivity contribution in [3.05, 3.63) is 64.2 Å². The molecular weight excluding hydrogens is 364 g/mol. The normalized spacial score (nSPS) is 17.4. The largest absolute Gasteiger partial charge is 0.323 e. The molecule has 2 aromatic carbocycles. The van der Waals surface area contributed by atoms with Gasteiger partial charge >= 0.3 is 6.03 Å². The highest BCUT2D eigenvalue weighted by Crippen LogP contribution is 2.39. The fourth-order valence-electron chi connectivity index (χ4n) is 2.97. The summed E-state index contributed by atoms with van der Waals surface area (Å²) < 4.78 is 0. The van der Waals surface area contributed by atoms with Crippen LogP contribution in [0.1, 0.15) is 42.8 Å². The van der Waals surface area contributed by atoms with Crippen LogP contribution >= 0.6 is 23.4 Å². The predicted molar refractivity (Wildman–Crippen MR) is 112 cm³/mol. The average molecular weight is 389 g/mol. The van der Waals surface area contributed by atoms with Gasteiger partial charge < -0.3 is 10.2 Å². The van der Waals surface area contributed by atoms with Crippen molar-refractivity contribution >= 4 is 35.1 Å². The minimum Gasteiger partial charge on any atom is -0.308 e. The van der Waals surface area contributed by atoms with Gasteiger partial charge in [0.2, 0.25) is 0 Å². The summed E-state index contributed by atoms with van der Waals surface area (Å²) in [6, 6.07) is 14.1. The first-order valence-corrected chi connectivity index (χ1v) is 10.2. The highest BCUT2D eigenvalue weighted by Gasteiger charge is 2.31. The molecule has 1 heterocycles. The Morgan fingerprint density at radius 2 is 1.88 bits per heavy atom. The fraction of sp³-hybridized carbons (Fsp3) is 0.381. The lowest BCUT2D eigenvalue weighted by atomic mass is 9.87. The van der Waals surface area contributed by atoms with Crippen LogP contribution in [0.15, 0.2) is 42.5 Å². The van der Waals surface area contributed by atoms with E-state index >= 15 is 0 Å². The van der Waals surface area contributed by atoms with Gasteiger partial charge in [-0.25, -0.2) is 4.79 Å². The number of carbonyl (C=O) groups is 1. The van der Waals surface area contributed by atoms with E-state index < -0.39 is 0 Å². The molecular formula is C21H25ClN2OS. The standard InChI is InChI=1S/C21H25ClN2OS/c1-14-5-10-17(13-18(14)22)23-20(25)24-11-12-26-19(24)15-6-8-16(9-7-15)21(2,3)4/h5-10,13,19H,11-12H2,1-4H3,(H,23,25)/t19-/m1/s1. The van der Waals surface area contributed by atoms with Crippen molar-refractivity contribution < 1.29 is 4.79 Å². The highest BCUT2D eigenvalue weighted by molar-refractivity contribution is 7.99. The lowest BCUT2D eigenvalue weighted by Crippen LogP contribution is -2.34. The van der Waals surface area contributed by atoms with Gasteiger partial charge in [0.1, 0.15) is 5.37 Å². The van der Waals surface area contributed by atoms with Gasteiger partial charge in [-0.15, -0.1) is 11.8 Å². The van der Waals surface area contributed by atoms with Crippen LogP contribution in [-0.2, 0) is 5.41 Å². The van der Waals surface area contributed by atoms with Crippen LogP contribution in [0.25, 0.3) is 0 Å². The summed E-state index contributed by atoms with van der Waals surface area (Å²) in [6.45, 7) is 9.31. The van der Waals surface area contributed by atoms with Gasteiger partial charge in [0.05, 0.1) is 0 Å². The first-order valence-electron chi connectivity index (χ1n) is 8.81. The average Bonchev–Trinajstić information content (AvgIpc) is 3.07. The molecule has 26 heavy (non-hydrogen) atoms. The molecule has 0 spiro atoms. The molecule has 138 valence electrons. The van der Waals surface area contributed by atoms with E-state index in [2.05, 4.69) is 50.4 Å². The molecule has 1 aliphatic rings. The second kappa shape index (κ2) is 7.53. The van der Waals surface area contributed by atoms with Gasteiger partial charge in [-0.2, -0.15) is 0 Å². The summed E-state index contributed by atoms with van der Waals surface area (Å²) in [7, 11) is 0. The van der Waals surface area contributed by atoms with Gasteiger partial charge in [0, 0.05) is 23.0 Å². The Balaban J connectivity index is 1.75. The maximum Gasteiger partial charge on any atom is 0.323 e. The maximum atomic E-state index is 12.8. The second-order valence-corrected chi connectivity index (χ2v) is 9.28. The van der Waals surface area contributed by atoms with Crippen LogP contribution < -0.4 is 5.32 Å². The molecule has 0 radical (unpaired) electrons. The number of halogens is 1. The summed E-state index contributed by atoms with van der Waals surface area (Å²) >= 11 is 7.96. The van der Waals surface area contributed by atoms with Gasteiger partial charge in [-0.3, -0.25) is 0 Å². The van der Waals surface area contributed by atoms with Crippen molar-refractivity contribution in [2.45, 2.75) is 38.5 Å². The summed E-state index contributed by atoms with van der Waals surface area (Å²) in [6.07, 6.45) is 0. The van der Waals surface area contributed by atoms with Crippen molar-refractivity contribution in [1.29, 1.82) is 0 Å². The van der Waals surface area contributed by atoms with Gasteiger partial charge in [0.15, 0.2) is 0 Å². The number of rotatable bonds is 2. The van der Waals surface area contributed by atoms with Crippen LogP contribution in [0, 0.1) is 6.92 Å². The van der Waals surface area contributed by atoms with Gasteiger partial charge in [0.25, 0.3) is 0 Å². The molecule has 0 aliphatic carbocycles. The van der Waals surface area contributed by atoms with Crippen molar-refractivity contribution in [3.8, 4) is 0 Å². The van der Waals surface area contributed by atoms with E-state index in [9.17, 15) is 4.79 Å². The number of aryl methyl sites for hydroxylation is 1. The van der Waals surface area contributed by atoms with E-state index in [0.717, 1.165) is 29.1 Å². The molecule has 0 aromatic heterocycles. The quantitative estimate of drug-likeness (QED) is 0.661. The summed E-state index contributed by atoms with van der Waals surface area (Å²) in [5, 5.41) is 3.68. The van der Waals surface area contributed by atoms with Gasteiger partial charge in [-0.05, 0) is 41.2 Å². The van der Waals surface area contributed by atoms with Crippen LogP contribution in [0.5, 0.6) is 0 Å². The number of nitrogens with zero attached hydrogens (tertiary/aromatic N) is 1. The summed E-state index contributed by atoms with van der Waals surface area (Å²) in [5.41, 5.74) is 4.32. The molecule has 1 fully saturated rings. The summed E-state index contributed by atoms with van der Waals surface area (Å²) in [5.74, 6) is 0.938. The Hall–Kier alpha value is -1.65. The molecule has 1 N–H and O–H groups in total. The number of hydrogen-bond donors (Lipinski definition) is 1. The molecule has 2 aromatic rings. The topological polar surface area (TPSA) is 32.3 Å². The van der Waals surface area contributed by atoms with E-state index in [1.807, 2.05) is 24.0 Å². The molecule has 3 rings (SSSR count). The smallest absolute Gasteiger partial charge is 0.308 e. The lowest BCUT2D eigenvalue weighted by Gasteiger charge is -2.25. The molecule has 2 amide bonds. The van der Waals surface area contributed by atoms with Crippen molar-refractivity contribution in [2.75, 3.05) is 17.6 Å². The number of carbonyl (C=O) groups excluding carboxylic acids is 1. The molecule has 3 nitrogen and oxygen atoms in total. The molecule has 0 saturated carbocycles. The first-order chi connectivity index (χ1) is 12.3. The number of nitrogens with one attached hydrogen (secondary N) is 1. The van der Waals surface area contributed by atoms with E-state index in [-0.39, 0.29) is 16.8 Å². The van der Waals surface area contributed by atoms with Crippen LogP contribution in [-0.4, -0.2) is 23.2 Å². The maximum absolute atomic E-state index is 12.8. The fourth-order valence-corrected chi connectivity index (χ4v) is 4.40. The molecule has 0 unspecified atom stereocenters. The van der Waals surface area contributed by atoms with Crippen LogP contribution in [0.4, 0.5) is 10.5 Å². The Morgan fingerprint density at radius 3 is 2.50 bits per heavy atom. The first kappa shape index (κ1) is 19.1. The number of urea groups is 1. The SMILES string of the molecule is Cc1ccc(NC(=O)N2CCS[C@@H]2c2ccc(C(C)(C)C)cc2)cc1Cl. The number of thioether (sulfide) groups is 1. The van der Waals surface area contributed by atoms with E-state index in [1.165, 1.54) is 5.56 Å². The Morgan fingerprint density at radius 1 is 1.19 bits per heavy atom. The van der Waals surface area contributed by atoms with Crippen molar-refractivity contribution in [1.82, 2.24) is 4.90 Å². The number of benzene rings is 2. The molecule has 1 saturated heterocycles. The van der Waals surface area contributed by atoms with E-state index in [1.54, 1.807) is 17.8 Å². The Bertz CT molecular complexity index is 799. The van der Waals surface area contributed by atoms with Crippen LogP contribution in [0.3, 0.4) is 0 Å². The Labute approximate surface area is 165 Å². The molecule has 1 atom stereocenters. The van der Waals surface area contributed by atoms with Gasteiger partial charge in [-0.1, -0.05) is 62.7 Å². The number of hydrogen-bond acceptors (Lipinski definition) is 2. The third-order valence-electron chi connectivity index (χ3n) is 4.64. The summed E-state index contributed by atoms with van der Waals surface area (Å²) in [4.78, 5) is 14.7. The molecule has 5 heteroatoms. The van der Waals surface area contributed by atoms with Crippen molar-refractivity contribution in [3.63, 3.8) is 0 Å². The zero-order valence-corrected chi connectivity index (χ0v) is 17.2. The van der Waals surface area contributed by atoms with E-state index in [4.69, 9.17) is 11.6 Å². The third kappa shape index (κ3) is 4.18. The van der Waals surface area contributed by atoms with Crippen LogP contribution in [0.2, 0.25) is 5.02 Å². The molecule has 1 aliphatic heterocycles. The second-order valence-electron chi connectivity index (χ2n) is 7.68. The zero-order valence-electron chi connectivity index (χ0n) is 15.7. The minimum atomic E-state index is -0.0835. The van der Waals surface area contributed by atoms with E-state index in [0.29, 0.717) is 5.02 Å². The zero-order chi connectivity index (χ0) is 18.9. The Kier molecular flexibility index (Phi) is 5.54. The van der Waals surface area contributed by atoms with Crippen molar-refractivity contribution in [2.24, 2.45) is 0 Å². The number of anilines is 1. The number of amides is 2. The minimum absolute atomic E-state index is 0.0462. The lowest BCUT2D eigenvalue weighted by molar-refractivity contribution is 0.214. The monoisotopic (exact) mass is 388 g/mol.